The Kier molecular flexibility index (Phi) is 3.99. The van der Waals surface area contributed by atoms with Gasteiger partial charge in [-0.05, 0) is 43.9 Å². The Morgan fingerprint density at radius 2 is 2.17 bits per heavy atom. The standard InChI is InChI=1S/C18H23NO4/c1-21-14-7-8-19(10-14)16-3-2-4-17(16)23-13-5-6-15-12(9-13)11-22-18(15)20/h5-6,9,14,16-17H,2-4,7-8,10-11H2,1H3/t14-,16?,17?/m0/s1. The average molecular weight is 317 g/mol. The fourth-order valence-corrected chi connectivity index (χ4v) is 4.07. The summed E-state index contributed by atoms with van der Waals surface area (Å²) in [5.41, 5.74) is 1.60. The second-order valence-corrected chi connectivity index (χ2v) is 6.69. The first-order valence-electron chi connectivity index (χ1n) is 8.48. The molecule has 1 saturated heterocycles. The molecule has 0 N–H and O–H groups in total. The van der Waals surface area contributed by atoms with Gasteiger partial charge in [0.05, 0.1) is 11.7 Å². The van der Waals surface area contributed by atoms with Gasteiger partial charge in [-0.3, -0.25) is 4.90 Å². The normalized spacial score (nSPS) is 30.5. The van der Waals surface area contributed by atoms with E-state index in [0.29, 0.717) is 24.3 Å². The van der Waals surface area contributed by atoms with Gasteiger partial charge in [0.1, 0.15) is 18.5 Å². The van der Waals surface area contributed by atoms with Gasteiger partial charge in [-0.1, -0.05) is 0 Å². The van der Waals surface area contributed by atoms with Gasteiger partial charge in [0, 0.05) is 31.8 Å². The summed E-state index contributed by atoms with van der Waals surface area (Å²) in [6.45, 7) is 2.46. The van der Waals surface area contributed by atoms with Gasteiger partial charge in [0.2, 0.25) is 0 Å². The van der Waals surface area contributed by atoms with E-state index in [1.807, 2.05) is 18.2 Å². The Balaban J connectivity index is 1.45. The lowest BCUT2D eigenvalue weighted by Crippen LogP contribution is -2.42. The number of cyclic esters (lactones) is 1. The SMILES string of the molecule is CO[C@H]1CCN(C2CCCC2Oc2ccc3c(c2)COC3=O)C1. The number of fused-ring (bicyclic) bond motifs is 1. The van der Waals surface area contributed by atoms with Gasteiger partial charge < -0.3 is 14.2 Å². The molecule has 23 heavy (non-hydrogen) atoms. The van der Waals surface area contributed by atoms with Crippen LogP contribution in [0, 0.1) is 0 Å². The van der Waals surface area contributed by atoms with Crippen molar-refractivity contribution in [1.29, 1.82) is 0 Å². The van der Waals surface area contributed by atoms with Crippen LogP contribution in [0.5, 0.6) is 5.75 Å². The van der Waals surface area contributed by atoms with E-state index >= 15 is 0 Å². The number of esters is 1. The summed E-state index contributed by atoms with van der Waals surface area (Å²) in [5, 5.41) is 0. The lowest BCUT2D eigenvalue weighted by atomic mass is 10.1. The summed E-state index contributed by atoms with van der Waals surface area (Å²) in [4.78, 5) is 14.0. The van der Waals surface area contributed by atoms with E-state index in [2.05, 4.69) is 4.90 Å². The van der Waals surface area contributed by atoms with Crippen LogP contribution in [0.25, 0.3) is 0 Å². The summed E-state index contributed by atoms with van der Waals surface area (Å²) in [6, 6.07) is 6.14. The molecule has 1 aromatic carbocycles. The van der Waals surface area contributed by atoms with Gasteiger partial charge in [0.15, 0.2) is 0 Å². The second kappa shape index (κ2) is 6.13. The number of ether oxygens (including phenoxy) is 3. The molecule has 1 aromatic rings. The van der Waals surface area contributed by atoms with Gasteiger partial charge >= 0.3 is 5.97 Å². The van der Waals surface area contributed by atoms with E-state index in [9.17, 15) is 4.79 Å². The molecule has 1 saturated carbocycles. The minimum Gasteiger partial charge on any atom is -0.489 e. The molecule has 0 aromatic heterocycles. The van der Waals surface area contributed by atoms with Crippen LogP contribution in [-0.2, 0) is 16.1 Å². The van der Waals surface area contributed by atoms with Crippen molar-refractivity contribution in [2.75, 3.05) is 20.2 Å². The maximum absolute atomic E-state index is 11.5. The molecule has 2 heterocycles. The molecule has 2 aliphatic heterocycles. The highest BCUT2D eigenvalue weighted by Gasteiger charge is 2.37. The van der Waals surface area contributed by atoms with Crippen LogP contribution in [0.2, 0.25) is 0 Å². The first-order chi connectivity index (χ1) is 11.2. The molecule has 2 unspecified atom stereocenters. The number of carbonyl (C=O) groups is 1. The van der Waals surface area contributed by atoms with Crippen LogP contribution < -0.4 is 4.74 Å². The highest BCUT2D eigenvalue weighted by molar-refractivity contribution is 5.93. The average Bonchev–Trinajstić information content (AvgIpc) is 3.27. The van der Waals surface area contributed by atoms with Crippen LogP contribution >= 0.6 is 0 Å². The lowest BCUT2D eigenvalue weighted by molar-refractivity contribution is 0.0534. The number of carbonyl (C=O) groups excluding carboxylic acids is 1. The van der Waals surface area contributed by atoms with Gasteiger partial charge in [0.25, 0.3) is 0 Å². The van der Waals surface area contributed by atoms with Crippen LogP contribution in [0.1, 0.15) is 41.6 Å². The number of likely N-dealkylation sites (tertiary alicyclic amines) is 1. The summed E-state index contributed by atoms with van der Waals surface area (Å²) < 4.78 is 16.8. The number of hydrogen-bond acceptors (Lipinski definition) is 5. The van der Waals surface area contributed by atoms with Crippen LogP contribution in [-0.4, -0.2) is 49.3 Å². The smallest absolute Gasteiger partial charge is 0.338 e. The van der Waals surface area contributed by atoms with Crippen molar-refractivity contribution in [2.45, 2.75) is 50.5 Å². The summed E-state index contributed by atoms with van der Waals surface area (Å²) in [6.07, 6.45) is 5.17. The Morgan fingerprint density at radius 3 is 3.00 bits per heavy atom. The Bertz CT molecular complexity index is 603. The van der Waals surface area contributed by atoms with Crippen LogP contribution in [0.4, 0.5) is 0 Å². The minimum atomic E-state index is -0.229. The maximum Gasteiger partial charge on any atom is 0.338 e. The van der Waals surface area contributed by atoms with Crippen molar-refractivity contribution >= 4 is 5.97 Å². The zero-order chi connectivity index (χ0) is 15.8. The Morgan fingerprint density at radius 1 is 1.26 bits per heavy atom. The van der Waals surface area contributed by atoms with Crippen molar-refractivity contribution < 1.29 is 19.0 Å². The summed E-state index contributed by atoms with van der Waals surface area (Å²) >= 11 is 0. The molecule has 5 nitrogen and oxygen atoms in total. The fourth-order valence-electron chi connectivity index (χ4n) is 4.07. The molecule has 4 rings (SSSR count). The zero-order valence-electron chi connectivity index (χ0n) is 13.5. The minimum absolute atomic E-state index is 0.224. The number of nitrogens with zero attached hydrogens (tertiary/aromatic N) is 1. The van der Waals surface area contributed by atoms with Crippen molar-refractivity contribution in [1.82, 2.24) is 4.90 Å². The number of rotatable bonds is 4. The monoisotopic (exact) mass is 317 g/mol. The van der Waals surface area contributed by atoms with Crippen LogP contribution in [0.15, 0.2) is 18.2 Å². The first kappa shape index (κ1) is 15.0. The predicted octanol–water partition coefficient (Wildman–Crippen LogP) is 2.38. The third-order valence-corrected chi connectivity index (χ3v) is 5.34. The molecule has 124 valence electrons. The van der Waals surface area contributed by atoms with Gasteiger partial charge in [-0.2, -0.15) is 0 Å². The molecule has 0 amide bonds. The van der Waals surface area contributed by atoms with Crippen molar-refractivity contribution in [3.63, 3.8) is 0 Å². The van der Waals surface area contributed by atoms with E-state index in [4.69, 9.17) is 14.2 Å². The number of hydrogen-bond donors (Lipinski definition) is 0. The highest BCUT2D eigenvalue weighted by Crippen LogP contribution is 2.32. The largest absolute Gasteiger partial charge is 0.489 e. The molecule has 0 radical (unpaired) electrons. The third-order valence-electron chi connectivity index (χ3n) is 5.34. The summed E-state index contributed by atoms with van der Waals surface area (Å²) in [5.74, 6) is 0.620. The quantitative estimate of drug-likeness (QED) is 0.798. The van der Waals surface area contributed by atoms with Crippen molar-refractivity contribution in [3.8, 4) is 5.75 Å². The lowest BCUT2D eigenvalue weighted by Gasteiger charge is -2.29. The topological polar surface area (TPSA) is 48.0 Å². The fraction of sp³-hybridized carbons (Fsp3) is 0.611. The van der Waals surface area contributed by atoms with Crippen LogP contribution in [0.3, 0.4) is 0 Å². The van der Waals surface area contributed by atoms with Crippen molar-refractivity contribution in [2.24, 2.45) is 0 Å². The molecular formula is C18H23NO4. The molecule has 1 aliphatic carbocycles. The second-order valence-electron chi connectivity index (χ2n) is 6.69. The van der Waals surface area contributed by atoms with Crippen molar-refractivity contribution in [3.05, 3.63) is 29.3 Å². The zero-order valence-corrected chi connectivity index (χ0v) is 13.5. The number of methoxy groups -OCH3 is 1. The van der Waals surface area contributed by atoms with Gasteiger partial charge in [-0.15, -0.1) is 0 Å². The molecule has 0 spiro atoms. The third kappa shape index (κ3) is 2.83. The molecule has 3 aliphatic rings. The molecule has 0 bridgehead atoms. The first-order valence-corrected chi connectivity index (χ1v) is 8.48. The molecular weight excluding hydrogens is 294 g/mol. The maximum atomic E-state index is 11.5. The molecule has 5 heteroatoms. The predicted molar refractivity (Wildman–Crippen MR) is 84.6 cm³/mol. The van der Waals surface area contributed by atoms with E-state index < -0.39 is 0 Å². The Labute approximate surface area is 136 Å². The molecule has 2 fully saturated rings. The molecule has 3 atom stereocenters. The summed E-state index contributed by atoms with van der Waals surface area (Å²) in [7, 11) is 1.80. The Hall–Kier alpha value is -1.59. The van der Waals surface area contributed by atoms with E-state index in [1.54, 1.807) is 7.11 Å². The van der Waals surface area contributed by atoms with Gasteiger partial charge in [-0.25, -0.2) is 4.79 Å². The number of benzene rings is 1. The highest BCUT2D eigenvalue weighted by atomic mass is 16.5. The van der Waals surface area contributed by atoms with E-state index in [0.717, 1.165) is 37.2 Å². The van der Waals surface area contributed by atoms with E-state index in [-0.39, 0.29) is 12.1 Å². The van der Waals surface area contributed by atoms with E-state index in [1.165, 1.54) is 12.8 Å².